The van der Waals surface area contributed by atoms with Gasteiger partial charge in [0.05, 0.1) is 18.4 Å². The molecule has 0 bridgehead atoms. The molecule has 3 rings (SSSR count). The number of amides is 1. The second-order valence-electron chi connectivity index (χ2n) is 5.11. The molecule has 0 radical (unpaired) electrons. The van der Waals surface area contributed by atoms with Gasteiger partial charge in [0.2, 0.25) is 5.91 Å². The molecule has 0 atom stereocenters. The Morgan fingerprint density at radius 3 is 2.35 bits per heavy atom. The van der Waals surface area contributed by atoms with Crippen molar-refractivity contribution in [1.82, 2.24) is 19.9 Å². The standard InChI is InChI=1S/C12H18N4O/c17-12(9-10-1-2-10)15-7-3-11(4-8-15)16-13-5-6-14-16/h5-6,10-11H,1-4,7-9H2. The molecule has 0 aromatic carbocycles. The van der Waals surface area contributed by atoms with Gasteiger partial charge in [-0.15, -0.1) is 0 Å². The predicted molar refractivity (Wildman–Crippen MR) is 62.2 cm³/mol. The fourth-order valence-electron chi connectivity index (χ4n) is 2.46. The Bertz CT molecular complexity index is 377. The van der Waals surface area contributed by atoms with E-state index in [1.165, 1.54) is 12.8 Å². The van der Waals surface area contributed by atoms with Crippen molar-refractivity contribution in [2.45, 2.75) is 38.1 Å². The Morgan fingerprint density at radius 1 is 1.12 bits per heavy atom. The molecule has 17 heavy (non-hydrogen) atoms. The SMILES string of the molecule is O=C(CC1CC1)N1CCC(n2nccn2)CC1. The highest BCUT2D eigenvalue weighted by molar-refractivity contribution is 5.76. The third-order valence-corrected chi connectivity index (χ3v) is 3.74. The number of nitrogens with zero attached hydrogens (tertiary/aromatic N) is 4. The smallest absolute Gasteiger partial charge is 0.222 e. The van der Waals surface area contributed by atoms with Crippen LogP contribution in [0.3, 0.4) is 0 Å². The minimum atomic E-state index is 0.347. The Hall–Kier alpha value is -1.39. The second kappa shape index (κ2) is 4.47. The first-order chi connectivity index (χ1) is 8.33. The fraction of sp³-hybridized carbons (Fsp3) is 0.750. The average molecular weight is 234 g/mol. The van der Waals surface area contributed by atoms with E-state index in [9.17, 15) is 4.79 Å². The van der Waals surface area contributed by atoms with E-state index in [0.717, 1.165) is 32.4 Å². The van der Waals surface area contributed by atoms with Crippen molar-refractivity contribution in [2.75, 3.05) is 13.1 Å². The van der Waals surface area contributed by atoms with Gasteiger partial charge in [-0.3, -0.25) is 4.79 Å². The van der Waals surface area contributed by atoms with Crippen molar-refractivity contribution in [3.8, 4) is 0 Å². The summed E-state index contributed by atoms with van der Waals surface area (Å²) in [5.74, 6) is 1.03. The Kier molecular flexibility index (Phi) is 2.82. The molecule has 0 N–H and O–H groups in total. The lowest BCUT2D eigenvalue weighted by molar-refractivity contribution is -0.132. The first-order valence-corrected chi connectivity index (χ1v) is 6.46. The lowest BCUT2D eigenvalue weighted by Gasteiger charge is -2.31. The number of carbonyl (C=O) groups is 1. The van der Waals surface area contributed by atoms with Crippen LogP contribution in [-0.4, -0.2) is 38.9 Å². The number of carbonyl (C=O) groups excluding carboxylic acids is 1. The summed E-state index contributed by atoms with van der Waals surface area (Å²) in [5, 5.41) is 8.34. The summed E-state index contributed by atoms with van der Waals surface area (Å²) in [6.45, 7) is 1.72. The maximum Gasteiger partial charge on any atom is 0.222 e. The number of piperidine rings is 1. The second-order valence-corrected chi connectivity index (χ2v) is 5.11. The zero-order chi connectivity index (χ0) is 11.7. The molecule has 0 unspecified atom stereocenters. The molecular weight excluding hydrogens is 216 g/mol. The highest BCUT2D eigenvalue weighted by Crippen LogP contribution is 2.33. The summed E-state index contributed by atoms with van der Waals surface area (Å²) in [4.78, 5) is 15.7. The van der Waals surface area contributed by atoms with Gasteiger partial charge in [0, 0.05) is 19.5 Å². The first-order valence-electron chi connectivity index (χ1n) is 6.46. The molecule has 1 saturated heterocycles. The largest absolute Gasteiger partial charge is 0.343 e. The molecule has 1 aliphatic heterocycles. The van der Waals surface area contributed by atoms with Crippen LogP contribution in [0.1, 0.15) is 38.1 Å². The summed E-state index contributed by atoms with van der Waals surface area (Å²) in [5.41, 5.74) is 0. The Morgan fingerprint density at radius 2 is 1.76 bits per heavy atom. The van der Waals surface area contributed by atoms with Crippen LogP contribution in [0.2, 0.25) is 0 Å². The normalized spacial score (nSPS) is 21.8. The third-order valence-electron chi connectivity index (χ3n) is 3.74. The average Bonchev–Trinajstić information content (AvgIpc) is 3.00. The van der Waals surface area contributed by atoms with Gasteiger partial charge in [0.15, 0.2) is 0 Å². The van der Waals surface area contributed by atoms with E-state index in [2.05, 4.69) is 10.2 Å². The Balaban J connectivity index is 1.51. The summed E-state index contributed by atoms with van der Waals surface area (Å²) in [6, 6.07) is 0.370. The van der Waals surface area contributed by atoms with Gasteiger partial charge >= 0.3 is 0 Å². The quantitative estimate of drug-likeness (QED) is 0.790. The monoisotopic (exact) mass is 234 g/mol. The van der Waals surface area contributed by atoms with Crippen LogP contribution >= 0.6 is 0 Å². The first kappa shape index (κ1) is 10.7. The summed E-state index contributed by atoms with van der Waals surface area (Å²) in [6.07, 6.45) is 8.65. The van der Waals surface area contributed by atoms with E-state index < -0.39 is 0 Å². The van der Waals surface area contributed by atoms with Crippen LogP contribution in [0.25, 0.3) is 0 Å². The third kappa shape index (κ3) is 2.48. The van der Waals surface area contributed by atoms with Gasteiger partial charge in [-0.1, -0.05) is 0 Å². The van der Waals surface area contributed by atoms with E-state index in [1.54, 1.807) is 17.2 Å². The lowest BCUT2D eigenvalue weighted by atomic mass is 10.1. The number of aromatic nitrogens is 3. The van der Waals surface area contributed by atoms with Crippen molar-refractivity contribution < 1.29 is 4.79 Å². The van der Waals surface area contributed by atoms with Gasteiger partial charge in [-0.05, 0) is 31.6 Å². The van der Waals surface area contributed by atoms with E-state index in [0.29, 0.717) is 17.9 Å². The molecule has 1 aromatic heterocycles. The Labute approximate surface area is 101 Å². The van der Waals surface area contributed by atoms with Gasteiger partial charge < -0.3 is 4.90 Å². The molecule has 5 nitrogen and oxygen atoms in total. The van der Waals surface area contributed by atoms with Crippen molar-refractivity contribution in [1.29, 1.82) is 0 Å². The zero-order valence-corrected chi connectivity index (χ0v) is 9.96. The van der Waals surface area contributed by atoms with E-state index >= 15 is 0 Å². The molecular formula is C12H18N4O. The van der Waals surface area contributed by atoms with Crippen molar-refractivity contribution in [3.63, 3.8) is 0 Å². The fourth-order valence-corrected chi connectivity index (χ4v) is 2.46. The van der Waals surface area contributed by atoms with Gasteiger partial charge in [-0.2, -0.15) is 15.0 Å². The summed E-state index contributed by atoms with van der Waals surface area (Å²) in [7, 11) is 0. The number of likely N-dealkylation sites (tertiary alicyclic amines) is 1. The molecule has 1 amide bonds. The van der Waals surface area contributed by atoms with Crippen LogP contribution in [-0.2, 0) is 4.79 Å². The van der Waals surface area contributed by atoms with Crippen molar-refractivity contribution >= 4 is 5.91 Å². The van der Waals surface area contributed by atoms with Crippen LogP contribution in [0, 0.1) is 5.92 Å². The van der Waals surface area contributed by atoms with Crippen LogP contribution < -0.4 is 0 Å². The summed E-state index contributed by atoms with van der Waals surface area (Å²) < 4.78 is 0. The zero-order valence-electron chi connectivity index (χ0n) is 9.96. The molecule has 0 spiro atoms. The minimum absolute atomic E-state index is 0.347. The van der Waals surface area contributed by atoms with Crippen molar-refractivity contribution in [3.05, 3.63) is 12.4 Å². The van der Waals surface area contributed by atoms with Gasteiger partial charge in [0.1, 0.15) is 0 Å². The van der Waals surface area contributed by atoms with Crippen LogP contribution in [0.5, 0.6) is 0 Å². The summed E-state index contributed by atoms with van der Waals surface area (Å²) >= 11 is 0. The van der Waals surface area contributed by atoms with E-state index in [-0.39, 0.29) is 0 Å². The highest BCUT2D eigenvalue weighted by atomic mass is 16.2. The van der Waals surface area contributed by atoms with Gasteiger partial charge in [0.25, 0.3) is 0 Å². The van der Waals surface area contributed by atoms with Crippen LogP contribution in [0.4, 0.5) is 0 Å². The maximum atomic E-state index is 11.9. The molecule has 92 valence electrons. The minimum Gasteiger partial charge on any atom is -0.343 e. The van der Waals surface area contributed by atoms with Crippen molar-refractivity contribution in [2.24, 2.45) is 5.92 Å². The number of hydrogen-bond acceptors (Lipinski definition) is 3. The van der Waals surface area contributed by atoms with Crippen LogP contribution in [0.15, 0.2) is 12.4 Å². The van der Waals surface area contributed by atoms with Gasteiger partial charge in [-0.25, -0.2) is 0 Å². The van der Waals surface area contributed by atoms with E-state index in [1.807, 2.05) is 4.90 Å². The maximum absolute atomic E-state index is 11.9. The molecule has 1 saturated carbocycles. The number of hydrogen-bond donors (Lipinski definition) is 0. The predicted octanol–water partition coefficient (Wildman–Crippen LogP) is 1.24. The topological polar surface area (TPSA) is 51.0 Å². The van der Waals surface area contributed by atoms with E-state index in [4.69, 9.17) is 0 Å². The molecule has 1 aromatic rings. The molecule has 2 aliphatic rings. The molecule has 2 fully saturated rings. The molecule has 5 heteroatoms. The molecule has 1 aliphatic carbocycles. The molecule has 2 heterocycles. The number of rotatable bonds is 3. The lowest BCUT2D eigenvalue weighted by Crippen LogP contribution is -2.39. The highest BCUT2D eigenvalue weighted by Gasteiger charge is 2.29.